The highest BCUT2D eigenvalue weighted by Crippen LogP contribution is 2.27. The minimum atomic E-state index is -0.482. The number of rotatable bonds is 7. The molecule has 1 amide bonds. The van der Waals surface area contributed by atoms with E-state index < -0.39 is 5.97 Å². The number of ether oxygens (including phenoxy) is 2. The van der Waals surface area contributed by atoms with Gasteiger partial charge in [0.2, 0.25) is 5.88 Å². The molecule has 4 heterocycles. The Morgan fingerprint density at radius 3 is 2.44 bits per heavy atom. The molecule has 0 aliphatic carbocycles. The molecule has 1 fully saturated rings. The second-order valence-electron chi connectivity index (χ2n) is 8.78. The number of hydrogen-bond donors (Lipinski definition) is 0. The molecule has 0 atom stereocenters. The highest BCUT2D eigenvalue weighted by Gasteiger charge is 2.24. The lowest BCUT2D eigenvalue weighted by Crippen LogP contribution is -2.48. The molecule has 0 N–H and O–H groups in total. The Hall–Kier alpha value is -4.44. The summed E-state index contributed by atoms with van der Waals surface area (Å²) in [5, 5.41) is 4.68. The molecular formula is C28H27ClN6O4. The third kappa shape index (κ3) is 5.70. The second kappa shape index (κ2) is 11.5. The molecule has 0 saturated carbocycles. The Kier molecular flexibility index (Phi) is 7.74. The maximum Gasteiger partial charge on any atom is 0.358 e. The summed E-state index contributed by atoms with van der Waals surface area (Å²) < 4.78 is 11.9. The standard InChI is InChI=1S/C28H27ClN6O4/c1-3-39-28(37)22-18-23(35(32-22)25-6-4-5-11-30-25)19-7-9-21(10-8-19)33-12-14-34(15-13-33)27(36)20-16-24(29)31-26(17-20)38-2/h4-11,16-18H,3,12-15H2,1-2H3. The fourth-order valence-electron chi connectivity index (χ4n) is 4.44. The van der Waals surface area contributed by atoms with Crippen LogP contribution in [0.4, 0.5) is 5.69 Å². The van der Waals surface area contributed by atoms with Crippen LogP contribution in [0.2, 0.25) is 5.15 Å². The van der Waals surface area contributed by atoms with Gasteiger partial charge in [0.05, 0.1) is 19.4 Å². The van der Waals surface area contributed by atoms with Crippen molar-refractivity contribution in [1.29, 1.82) is 0 Å². The molecule has 10 nitrogen and oxygen atoms in total. The van der Waals surface area contributed by atoms with Crippen LogP contribution >= 0.6 is 11.6 Å². The molecule has 3 aromatic heterocycles. The van der Waals surface area contributed by atoms with Gasteiger partial charge >= 0.3 is 5.97 Å². The summed E-state index contributed by atoms with van der Waals surface area (Å²) in [6.45, 7) is 4.52. The Labute approximate surface area is 230 Å². The predicted molar refractivity (Wildman–Crippen MR) is 147 cm³/mol. The van der Waals surface area contributed by atoms with Crippen LogP contribution in [-0.4, -0.2) is 76.4 Å². The molecule has 200 valence electrons. The van der Waals surface area contributed by atoms with Crippen LogP contribution in [0.1, 0.15) is 27.8 Å². The van der Waals surface area contributed by atoms with Gasteiger partial charge in [-0.05, 0) is 43.3 Å². The molecule has 1 aromatic carbocycles. The van der Waals surface area contributed by atoms with E-state index in [-0.39, 0.29) is 23.4 Å². The summed E-state index contributed by atoms with van der Waals surface area (Å²) in [7, 11) is 1.49. The van der Waals surface area contributed by atoms with E-state index in [1.54, 1.807) is 40.9 Å². The number of hydrogen-bond acceptors (Lipinski definition) is 8. The van der Waals surface area contributed by atoms with Crippen LogP contribution < -0.4 is 9.64 Å². The number of esters is 1. The van der Waals surface area contributed by atoms with E-state index in [0.717, 1.165) is 16.9 Å². The first-order valence-corrected chi connectivity index (χ1v) is 12.9. The molecule has 0 radical (unpaired) electrons. The SMILES string of the molecule is CCOC(=O)c1cc(-c2ccc(N3CCN(C(=O)c4cc(Cl)nc(OC)c4)CC3)cc2)n(-c2ccccn2)n1. The zero-order chi connectivity index (χ0) is 27.4. The Morgan fingerprint density at radius 2 is 1.77 bits per heavy atom. The van der Waals surface area contributed by atoms with Crippen molar-refractivity contribution >= 4 is 29.2 Å². The molecule has 1 aliphatic heterocycles. The molecular weight excluding hydrogens is 520 g/mol. The highest BCUT2D eigenvalue weighted by molar-refractivity contribution is 6.29. The van der Waals surface area contributed by atoms with Crippen LogP contribution in [-0.2, 0) is 4.74 Å². The fourth-order valence-corrected chi connectivity index (χ4v) is 4.64. The number of nitrogens with zero attached hydrogens (tertiary/aromatic N) is 6. The van der Waals surface area contributed by atoms with E-state index in [9.17, 15) is 9.59 Å². The molecule has 5 rings (SSSR count). The number of halogens is 1. The molecule has 0 bridgehead atoms. The van der Waals surface area contributed by atoms with Crippen molar-refractivity contribution in [1.82, 2.24) is 24.6 Å². The summed E-state index contributed by atoms with van der Waals surface area (Å²) in [5.41, 5.74) is 3.32. The number of benzene rings is 1. The van der Waals surface area contributed by atoms with Gasteiger partial charge in [0.15, 0.2) is 11.5 Å². The number of piperazine rings is 1. The van der Waals surface area contributed by atoms with E-state index >= 15 is 0 Å². The molecule has 11 heteroatoms. The van der Waals surface area contributed by atoms with Crippen molar-refractivity contribution in [3.05, 3.63) is 83.3 Å². The molecule has 4 aromatic rings. The van der Waals surface area contributed by atoms with Crippen LogP contribution in [0.25, 0.3) is 17.1 Å². The van der Waals surface area contributed by atoms with Crippen LogP contribution in [0.5, 0.6) is 5.88 Å². The van der Waals surface area contributed by atoms with Crippen molar-refractivity contribution in [2.45, 2.75) is 6.92 Å². The van der Waals surface area contributed by atoms with Gasteiger partial charge < -0.3 is 19.3 Å². The lowest BCUT2D eigenvalue weighted by Gasteiger charge is -2.36. The van der Waals surface area contributed by atoms with E-state index in [2.05, 4.69) is 20.0 Å². The second-order valence-corrected chi connectivity index (χ2v) is 9.17. The normalized spacial score (nSPS) is 13.3. The largest absolute Gasteiger partial charge is 0.481 e. The fraction of sp³-hybridized carbons (Fsp3) is 0.250. The van der Waals surface area contributed by atoms with Crippen molar-refractivity contribution in [3.63, 3.8) is 0 Å². The number of pyridine rings is 2. The zero-order valence-electron chi connectivity index (χ0n) is 21.6. The number of carbonyl (C=O) groups is 2. The van der Waals surface area contributed by atoms with Crippen molar-refractivity contribution in [2.24, 2.45) is 0 Å². The molecule has 1 saturated heterocycles. The van der Waals surface area contributed by atoms with Crippen LogP contribution in [0.3, 0.4) is 0 Å². The number of amides is 1. The van der Waals surface area contributed by atoms with E-state index in [0.29, 0.717) is 43.4 Å². The van der Waals surface area contributed by atoms with E-state index in [1.807, 2.05) is 42.5 Å². The zero-order valence-corrected chi connectivity index (χ0v) is 22.3. The minimum absolute atomic E-state index is 0.104. The van der Waals surface area contributed by atoms with Gasteiger partial charge in [-0.2, -0.15) is 5.10 Å². The minimum Gasteiger partial charge on any atom is -0.481 e. The molecule has 1 aliphatic rings. The number of carbonyl (C=O) groups excluding carboxylic acids is 2. The molecule has 0 spiro atoms. The summed E-state index contributed by atoms with van der Waals surface area (Å²) in [4.78, 5) is 37.9. The number of methoxy groups -OCH3 is 1. The van der Waals surface area contributed by atoms with Gasteiger partial charge in [-0.3, -0.25) is 4.79 Å². The monoisotopic (exact) mass is 546 g/mol. The summed E-state index contributed by atoms with van der Waals surface area (Å²) in [6.07, 6.45) is 1.68. The summed E-state index contributed by atoms with van der Waals surface area (Å²) in [5.74, 6) is 0.321. The van der Waals surface area contributed by atoms with E-state index in [1.165, 1.54) is 7.11 Å². The first-order valence-electron chi connectivity index (χ1n) is 12.5. The van der Waals surface area contributed by atoms with Crippen molar-refractivity contribution < 1.29 is 19.1 Å². The first-order chi connectivity index (χ1) is 19.0. The lowest BCUT2D eigenvalue weighted by molar-refractivity contribution is 0.0518. The van der Waals surface area contributed by atoms with Crippen LogP contribution in [0, 0.1) is 0 Å². The Balaban J connectivity index is 1.31. The van der Waals surface area contributed by atoms with Gasteiger partial charge in [-0.25, -0.2) is 19.4 Å². The maximum absolute atomic E-state index is 13.0. The quantitative estimate of drug-likeness (QED) is 0.252. The van der Waals surface area contributed by atoms with Gasteiger partial charge in [0.1, 0.15) is 5.15 Å². The smallest absolute Gasteiger partial charge is 0.358 e. The maximum atomic E-state index is 13.0. The van der Waals surface area contributed by atoms with E-state index in [4.69, 9.17) is 21.1 Å². The number of anilines is 1. The van der Waals surface area contributed by atoms with Gasteiger partial charge in [-0.1, -0.05) is 29.8 Å². The average Bonchev–Trinajstić information content (AvgIpc) is 3.43. The average molecular weight is 547 g/mol. The number of aromatic nitrogens is 4. The van der Waals surface area contributed by atoms with Gasteiger partial charge in [0, 0.05) is 55.3 Å². The lowest BCUT2D eigenvalue weighted by atomic mass is 10.1. The predicted octanol–water partition coefficient (Wildman–Crippen LogP) is 4.13. The van der Waals surface area contributed by atoms with Gasteiger partial charge in [-0.15, -0.1) is 0 Å². The summed E-state index contributed by atoms with van der Waals surface area (Å²) in [6, 6.07) is 18.4. The highest BCUT2D eigenvalue weighted by atomic mass is 35.5. The third-order valence-electron chi connectivity index (χ3n) is 6.38. The van der Waals surface area contributed by atoms with Crippen LogP contribution in [0.15, 0.2) is 66.9 Å². The topological polar surface area (TPSA) is 103 Å². The van der Waals surface area contributed by atoms with Crippen molar-refractivity contribution in [3.8, 4) is 23.0 Å². The molecule has 0 unspecified atom stereocenters. The Morgan fingerprint density at radius 1 is 1.00 bits per heavy atom. The molecule has 39 heavy (non-hydrogen) atoms. The first kappa shape index (κ1) is 26.2. The third-order valence-corrected chi connectivity index (χ3v) is 6.58. The Bertz CT molecular complexity index is 1470. The summed E-state index contributed by atoms with van der Waals surface area (Å²) >= 11 is 6.05. The van der Waals surface area contributed by atoms with Crippen molar-refractivity contribution in [2.75, 3.05) is 44.8 Å². The van der Waals surface area contributed by atoms with Gasteiger partial charge in [0.25, 0.3) is 5.91 Å².